The summed E-state index contributed by atoms with van der Waals surface area (Å²) in [5.74, 6) is 0. The first-order valence-electron chi connectivity index (χ1n) is 7.26. The summed E-state index contributed by atoms with van der Waals surface area (Å²) in [6, 6.07) is 17.9. The average Bonchev–Trinajstić information content (AvgIpc) is 2.53. The van der Waals surface area contributed by atoms with Crippen molar-refractivity contribution in [2.24, 2.45) is 0 Å². The van der Waals surface area contributed by atoms with Gasteiger partial charge >= 0.3 is 0 Å². The van der Waals surface area contributed by atoms with Gasteiger partial charge in [0.05, 0.1) is 6.04 Å². The van der Waals surface area contributed by atoms with Crippen molar-refractivity contribution in [3.05, 3.63) is 59.7 Å². The van der Waals surface area contributed by atoms with E-state index in [2.05, 4.69) is 74.0 Å². The number of aryl methyl sites for hydroxylation is 1. The van der Waals surface area contributed by atoms with Crippen molar-refractivity contribution >= 4 is 17.4 Å². The van der Waals surface area contributed by atoms with Gasteiger partial charge < -0.3 is 5.32 Å². The van der Waals surface area contributed by atoms with Crippen LogP contribution in [0.3, 0.4) is 0 Å². The van der Waals surface area contributed by atoms with E-state index in [1.54, 1.807) is 11.8 Å². The Hall–Kier alpha value is -1.41. The first-order chi connectivity index (χ1) is 9.78. The van der Waals surface area contributed by atoms with Crippen molar-refractivity contribution < 1.29 is 0 Å². The van der Waals surface area contributed by atoms with Crippen molar-refractivity contribution in [2.75, 3.05) is 11.6 Å². The normalized spacial score (nSPS) is 12.2. The van der Waals surface area contributed by atoms with Gasteiger partial charge in [-0.1, -0.05) is 50.2 Å². The fraction of sp³-hybridized carbons (Fsp3) is 0.333. The van der Waals surface area contributed by atoms with Crippen LogP contribution in [0.1, 0.15) is 37.4 Å². The predicted molar refractivity (Wildman–Crippen MR) is 90.7 cm³/mol. The van der Waals surface area contributed by atoms with Crippen LogP contribution in [0.15, 0.2) is 53.4 Å². The molecule has 0 saturated heterocycles. The molecule has 1 nitrogen and oxygen atoms in total. The van der Waals surface area contributed by atoms with Crippen LogP contribution in [-0.4, -0.2) is 6.26 Å². The maximum absolute atomic E-state index is 3.68. The Morgan fingerprint density at radius 3 is 2.30 bits per heavy atom. The van der Waals surface area contributed by atoms with Crippen molar-refractivity contribution in [3.8, 4) is 0 Å². The number of rotatable bonds is 6. The first-order valence-corrected chi connectivity index (χ1v) is 8.49. The standard InChI is InChI=1S/C18H23NS/c1-4-14-10-12-15(13-11-14)16(5-2)19-17-8-6-7-9-18(17)20-3/h6-13,16,19H,4-5H2,1-3H3. The second-order valence-corrected chi connectivity index (χ2v) is 5.75. The van der Waals surface area contributed by atoms with E-state index in [0.717, 1.165) is 12.8 Å². The zero-order chi connectivity index (χ0) is 14.4. The molecule has 0 aliphatic rings. The largest absolute Gasteiger partial charge is 0.377 e. The fourth-order valence-electron chi connectivity index (χ4n) is 2.36. The van der Waals surface area contributed by atoms with Gasteiger partial charge in [-0.3, -0.25) is 0 Å². The molecular formula is C18H23NS. The third-order valence-electron chi connectivity index (χ3n) is 3.64. The fourth-order valence-corrected chi connectivity index (χ4v) is 2.92. The number of thioether (sulfide) groups is 1. The Kier molecular flexibility index (Phi) is 5.54. The highest BCUT2D eigenvalue weighted by molar-refractivity contribution is 7.98. The second-order valence-electron chi connectivity index (χ2n) is 4.90. The molecule has 0 aliphatic heterocycles. The molecule has 106 valence electrons. The lowest BCUT2D eigenvalue weighted by molar-refractivity contribution is 0.746. The third kappa shape index (κ3) is 3.57. The first kappa shape index (κ1) is 15.0. The molecular weight excluding hydrogens is 262 g/mol. The van der Waals surface area contributed by atoms with Crippen LogP contribution in [0.5, 0.6) is 0 Å². The van der Waals surface area contributed by atoms with Gasteiger partial charge in [-0.05, 0) is 42.4 Å². The number of anilines is 1. The van der Waals surface area contributed by atoms with Crippen LogP contribution in [0.2, 0.25) is 0 Å². The van der Waals surface area contributed by atoms with Crippen molar-refractivity contribution in [1.82, 2.24) is 0 Å². The number of hydrogen-bond donors (Lipinski definition) is 1. The van der Waals surface area contributed by atoms with E-state index < -0.39 is 0 Å². The Bertz CT molecular complexity index is 533. The second kappa shape index (κ2) is 7.39. The van der Waals surface area contributed by atoms with Gasteiger partial charge in [-0.15, -0.1) is 11.8 Å². The molecule has 2 heteroatoms. The van der Waals surface area contributed by atoms with Crippen LogP contribution in [0.4, 0.5) is 5.69 Å². The van der Waals surface area contributed by atoms with Gasteiger partial charge in [-0.2, -0.15) is 0 Å². The molecule has 0 bridgehead atoms. The quantitative estimate of drug-likeness (QED) is 0.700. The summed E-state index contributed by atoms with van der Waals surface area (Å²) in [7, 11) is 0. The number of para-hydroxylation sites is 1. The van der Waals surface area contributed by atoms with E-state index >= 15 is 0 Å². The highest BCUT2D eigenvalue weighted by atomic mass is 32.2. The van der Waals surface area contributed by atoms with E-state index in [-0.39, 0.29) is 0 Å². The van der Waals surface area contributed by atoms with Gasteiger partial charge in [0, 0.05) is 10.6 Å². The third-order valence-corrected chi connectivity index (χ3v) is 4.43. The molecule has 2 aromatic carbocycles. The lowest BCUT2D eigenvalue weighted by Crippen LogP contribution is -2.10. The zero-order valence-electron chi connectivity index (χ0n) is 12.5. The molecule has 0 radical (unpaired) electrons. The molecule has 0 aromatic heterocycles. The lowest BCUT2D eigenvalue weighted by atomic mass is 10.0. The van der Waals surface area contributed by atoms with Crippen LogP contribution in [-0.2, 0) is 6.42 Å². The SMILES string of the molecule is CCc1ccc(C(CC)Nc2ccccc2SC)cc1. The van der Waals surface area contributed by atoms with Gasteiger partial charge in [-0.25, -0.2) is 0 Å². The molecule has 0 fully saturated rings. The van der Waals surface area contributed by atoms with Gasteiger partial charge in [0.2, 0.25) is 0 Å². The smallest absolute Gasteiger partial charge is 0.0511 e. The van der Waals surface area contributed by atoms with Crippen molar-refractivity contribution in [3.63, 3.8) is 0 Å². The van der Waals surface area contributed by atoms with Crippen LogP contribution >= 0.6 is 11.8 Å². The monoisotopic (exact) mass is 285 g/mol. The summed E-state index contributed by atoms with van der Waals surface area (Å²) in [6.45, 7) is 4.42. The number of nitrogens with one attached hydrogen (secondary N) is 1. The minimum atomic E-state index is 0.370. The predicted octanol–water partition coefficient (Wildman–Crippen LogP) is 5.53. The van der Waals surface area contributed by atoms with E-state index in [9.17, 15) is 0 Å². The van der Waals surface area contributed by atoms with Gasteiger partial charge in [0.1, 0.15) is 0 Å². The minimum Gasteiger partial charge on any atom is -0.377 e. The van der Waals surface area contributed by atoms with E-state index in [1.165, 1.54) is 21.7 Å². The van der Waals surface area contributed by atoms with Crippen LogP contribution in [0.25, 0.3) is 0 Å². The topological polar surface area (TPSA) is 12.0 Å². The maximum Gasteiger partial charge on any atom is 0.0511 e. The average molecular weight is 285 g/mol. The Balaban J connectivity index is 2.19. The Labute approximate surface area is 126 Å². The molecule has 0 amide bonds. The molecule has 20 heavy (non-hydrogen) atoms. The molecule has 0 saturated carbocycles. The molecule has 2 rings (SSSR count). The Morgan fingerprint density at radius 2 is 1.70 bits per heavy atom. The molecule has 0 spiro atoms. The van der Waals surface area contributed by atoms with Gasteiger partial charge in [0.15, 0.2) is 0 Å². The number of hydrogen-bond acceptors (Lipinski definition) is 2. The molecule has 1 N–H and O–H groups in total. The molecule has 1 atom stereocenters. The molecule has 2 aromatic rings. The summed E-state index contributed by atoms with van der Waals surface area (Å²) in [4.78, 5) is 1.30. The van der Waals surface area contributed by atoms with E-state index in [1.807, 2.05) is 0 Å². The molecule has 0 aliphatic carbocycles. The summed E-state index contributed by atoms with van der Waals surface area (Å²) in [5, 5.41) is 3.68. The van der Waals surface area contributed by atoms with Crippen molar-refractivity contribution in [2.45, 2.75) is 37.6 Å². The van der Waals surface area contributed by atoms with Crippen LogP contribution < -0.4 is 5.32 Å². The van der Waals surface area contributed by atoms with Crippen molar-refractivity contribution in [1.29, 1.82) is 0 Å². The summed E-state index contributed by atoms with van der Waals surface area (Å²) < 4.78 is 0. The lowest BCUT2D eigenvalue weighted by Gasteiger charge is -2.20. The van der Waals surface area contributed by atoms with Gasteiger partial charge in [0.25, 0.3) is 0 Å². The summed E-state index contributed by atoms with van der Waals surface area (Å²) in [5.41, 5.74) is 3.99. The highest BCUT2D eigenvalue weighted by Crippen LogP contribution is 2.29. The summed E-state index contributed by atoms with van der Waals surface area (Å²) in [6.07, 6.45) is 4.30. The highest BCUT2D eigenvalue weighted by Gasteiger charge is 2.10. The summed E-state index contributed by atoms with van der Waals surface area (Å²) >= 11 is 1.79. The number of benzene rings is 2. The molecule has 0 heterocycles. The maximum atomic E-state index is 3.68. The van der Waals surface area contributed by atoms with E-state index in [0.29, 0.717) is 6.04 Å². The molecule has 1 unspecified atom stereocenters. The van der Waals surface area contributed by atoms with Crippen LogP contribution in [0, 0.1) is 0 Å². The minimum absolute atomic E-state index is 0.370. The van der Waals surface area contributed by atoms with E-state index in [4.69, 9.17) is 0 Å². The Morgan fingerprint density at radius 1 is 1.00 bits per heavy atom. The zero-order valence-corrected chi connectivity index (χ0v) is 13.3.